The first-order valence-corrected chi connectivity index (χ1v) is 7.73. The van der Waals surface area contributed by atoms with Crippen molar-refractivity contribution in [2.45, 2.75) is 76.6 Å². The van der Waals surface area contributed by atoms with E-state index in [9.17, 15) is 0 Å². The predicted octanol–water partition coefficient (Wildman–Crippen LogP) is 2.41. The molecule has 2 unspecified atom stereocenters. The second-order valence-electron chi connectivity index (χ2n) is 6.30. The summed E-state index contributed by atoms with van der Waals surface area (Å²) in [4.78, 5) is 2.61. The Morgan fingerprint density at radius 3 is 2.44 bits per heavy atom. The Kier molecular flexibility index (Phi) is 5.46. The van der Waals surface area contributed by atoms with Gasteiger partial charge in [-0.15, -0.1) is 0 Å². The third-order valence-electron chi connectivity index (χ3n) is 4.55. The van der Waals surface area contributed by atoms with Crippen LogP contribution in [0.25, 0.3) is 0 Å². The molecule has 0 amide bonds. The van der Waals surface area contributed by atoms with E-state index < -0.39 is 0 Å². The summed E-state index contributed by atoms with van der Waals surface area (Å²) in [7, 11) is 2.31. The Balaban J connectivity index is 1.53. The molecule has 2 fully saturated rings. The molecule has 2 aliphatic heterocycles. The van der Waals surface area contributed by atoms with E-state index in [1.54, 1.807) is 0 Å². The molecule has 0 radical (unpaired) electrons. The van der Waals surface area contributed by atoms with Gasteiger partial charge in [-0.05, 0) is 66.0 Å². The first kappa shape index (κ1) is 14.3. The van der Waals surface area contributed by atoms with E-state index in [-0.39, 0.29) is 0 Å². The van der Waals surface area contributed by atoms with Crippen LogP contribution in [0.15, 0.2) is 0 Å². The van der Waals surface area contributed by atoms with E-state index in [4.69, 9.17) is 4.74 Å². The topological polar surface area (TPSA) is 24.5 Å². The summed E-state index contributed by atoms with van der Waals surface area (Å²) < 4.78 is 5.56. The summed E-state index contributed by atoms with van der Waals surface area (Å²) in [5.41, 5.74) is 0. The fourth-order valence-corrected chi connectivity index (χ4v) is 3.43. The van der Waals surface area contributed by atoms with Crippen LogP contribution < -0.4 is 5.32 Å². The highest BCUT2D eigenvalue weighted by molar-refractivity contribution is 4.95. The molecule has 0 spiro atoms. The Morgan fingerprint density at radius 2 is 1.83 bits per heavy atom. The van der Waals surface area contributed by atoms with Gasteiger partial charge in [0.1, 0.15) is 0 Å². The zero-order valence-electron chi connectivity index (χ0n) is 12.3. The monoisotopic (exact) mass is 254 g/mol. The summed E-state index contributed by atoms with van der Waals surface area (Å²) in [6, 6.07) is 2.47. The molecule has 18 heavy (non-hydrogen) atoms. The molecular formula is C15H30N2O. The van der Waals surface area contributed by atoms with Crippen LogP contribution in [0.2, 0.25) is 0 Å². The first-order valence-electron chi connectivity index (χ1n) is 7.73. The van der Waals surface area contributed by atoms with Gasteiger partial charge in [0, 0.05) is 24.7 Å². The lowest BCUT2D eigenvalue weighted by Crippen LogP contribution is -2.47. The molecule has 2 heterocycles. The molecule has 106 valence electrons. The quantitative estimate of drug-likeness (QED) is 0.706. The molecule has 3 heteroatoms. The highest BCUT2D eigenvalue weighted by Gasteiger charge is 2.37. The van der Waals surface area contributed by atoms with Crippen LogP contribution in [0, 0.1) is 0 Å². The van der Waals surface area contributed by atoms with Crippen molar-refractivity contribution in [2.75, 3.05) is 20.2 Å². The molecule has 0 aromatic heterocycles. The number of nitrogens with zero attached hydrogens (tertiary/aromatic N) is 1. The molecule has 2 rings (SSSR count). The molecule has 0 aliphatic carbocycles. The van der Waals surface area contributed by atoms with Gasteiger partial charge in [-0.25, -0.2) is 0 Å². The molecule has 0 saturated carbocycles. The summed E-state index contributed by atoms with van der Waals surface area (Å²) >= 11 is 0. The van der Waals surface area contributed by atoms with Gasteiger partial charge in [-0.2, -0.15) is 0 Å². The van der Waals surface area contributed by atoms with Crippen molar-refractivity contribution < 1.29 is 4.74 Å². The number of hydrogen-bond acceptors (Lipinski definition) is 3. The molecular weight excluding hydrogens is 224 g/mol. The SMILES string of the molecule is CC(C)OCCCCNC1CC2CCC(C1)N2C. The number of fused-ring (bicyclic) bond motifs is 2. The van der Waals surface area contributed by atoms with Crippen LogP contribution in [0.1, 0.15) is 52.4 Å². The molecule has 2 atom stereocenters. The van der Waals surface area contributed by atoms with Crippen molar-refractivity contribution in [1.82, 2.24) is 10.2 Å². The number of nitrogens with one attached hydrogen (secondary N) is 1. The fraction of sp³-hybridized carbons (Fsp3) is 1.00. The van der Waals surface area contributed by atoms with Crippen molar-refractivity contribution in [1.29, 1.82) is 0 Å². The minimum absolute atomic E-state index is 0.377. The van der Waals surface area contributed by atoms with E-state index in [1.165, 1.54) is 38.5 Å². The van der Waals surface area contributed by atoms with Gasteiger partial charge in [0.25, 0.3) is 0 Å². The van der Waals surface area contributed by atoms with Gasteiger partial charge >= 0.3 is 0 Å². The van der Waals surface area contributed by atoms with E-state index in [0.717, 1.165) is 31.3 Å². The van der Waals surface area contributed by atoms with Gasteiger partial charge in [-0.3, -0.25) is 0 Å². The standard InChI is InChI=1S/C15H30N2O/c1-12(2)18-9-5-4-8-16-13-10-14-6-7-15(11-13)17(14)3/h12-16H,4-11H2,1-3H3. The minimum atomic E-state index is 0.377. The molecule has 3 nitrogen and oxygen atoms in total. The van der Waals surface area contributed by atoms with Gasteiger partial charge in [0.05, 0.1) is 6.10 Å². The summed E-state index contributed by atoms with van der Waals surface area (Å²) in [6.45, 7) is 6.28. The third kappa shape index (κ3) is 3.94. The maximum Gasteiger partial charge on any atom is 0.0518 e. The van der Waals surface area contributed by atoms with Crippen LogP contribution in [-0.4, -0.2) is 49.3 Å². The van der Waals surface area contributed by atoms with Crippen molar-refractivity contribution in [3.63, 3.8) is 0 Å². The second kappa shape index (κ2) is 6.88. The minimum Gasteiger partial charge on any atom is -0.379 e. The van der Waals surface area contributed by atoms with Crippen LogP contribution in [0.5, 0.6) is 0 Å². The van der Waals surface area contributed by atoms with Crippen LogP contribution in [0.3, 0.4) is 0 Å². The Labute approximate surface area is 112 Å². The van der Waals surface area contributed by atoms with Gasteiger partial charge in [0.2, 0.25) is 0 Å². The number of piperidine rings is 1. The highest BCUT2D eigenvalue weighted by atomic mass is 16.5. The fourth-order valence-electron chi connectivity index (χ4n) is 3.43. The van der Waals surface area contributed by atoms with E-state index in [1.807, 2.05) is 0 Å². The average molecular weight is 254 g/mol. The summed E-state index contributed by atoms with van der Waals surface area (Å²) in [6.07, 6.45) is 8.36. The molecule has 0 aromatic rings. The highest BCUT2D eigenvalue weighted by Crippen LogP contribution is 2.34. The molecule has 0 aromatic carbocycles. The molecule has 1 N–H and O–H groups in total. The predicted molar refractivity (Wildman–Crippen MR) is 75.9 cm³/mol. The lowest BCUT2D eigenvalue weighted by Gasteiger charge is -2.36. The van der Waals surface area contributed by atoms with Crippen molar-refractivity contribution in [3.8, 4) is 0 Å². The van der Waals surface area contributed by atoms with Gasteiger partial charge in [0.15, 0.2) is 0 Å². The van der Waals surface area contributed by atoms with Gasteiger partial charge in [-0.1, -0.05) is 0 Å². The van der Waals surface area contributed by atoms with Gasteiger partial charge < -0.3 is 15.0 Å². The van der Waals surface area contributed by atoms with Crippen molar-refractivity contribution >= 4 is 0 Å². The Bertz CT molecular complexity index is 231. The van der Waals surface area contributed by atoms with E-state index >= 15 is 0 Å². The Hall–Kier alpha value is -0.120. The Morgan fingerprint density at radius 1 is 1.17 bits per heavy atom. The lowest BCUT2D eigenvalue weighted by molar-refractivity contribution is 0.0756. The zero-order valence-corrected chi connectivity index (χ0v) is 12.3. The summed E-state index contributed by atoms with van der Waals surface area (Å²) in [5, 5.41) is 3.75. The number of unbranched alkanes of at least 4 members (excludes halogenated alkanes) is 1. The van der Waals surface area contributed by atoms with Crippen LogP contribution >= 0.6 is 0 Å². The van der Waals surface area contributed by atoms with E-state index in [2.05, 4.69) is 31.1 Å². The van der Waals surface area contributed by atoms with Crippen molar-refractivity contribution in [3.05, 3.63) is 0 Å². The number of ether oxygens (including phenoxy) is 1. The largest absolute Gasteiger partial charge is 0.379 e. The first-order chi connectivity index (χ1) is 8.66. The van der Waals surface area contributed by atoms with Crippen LogP contribution in [0.4, 0.5) is 0 Å². The smallest absolute Gasteiger partial charge is 0.0518 e. The summed E-state index contributed by atoms with van der Waals surface area (Å²) in [5.74, 6) is 0. The molecule has 2 saturated heterocycles. The average Bonchev–Trinajstić information content (AvgIpc) is 2.56. The van der Waals surface area contributed by atoms with Crippen molar-refractivity contribution in [2.24, 2.45) is 0 Å². The number of rotatable bonds is 7. The molecule has 2 aliphatic rings. The van der Waals surface area contributed by atoms with Crippen LogP contribution in [-0.2, 0) is 4.74 Å². The molecule has 2 bridgehead atoms. The second-order valence-corrected chi connectivity index (χ2v) is 6.30. The zero-order chi connectivity index (χ0) is 13.0. The maximum absolute atomic E-state index is 5.56. The third-order valence-corrected chi connectivity index (χ3v) is 4.55. The normalized spacial score (nSPS) is 32.3. The van der Waals surface area contributed by atoms with E-state index in [0.29, 0.717) is 6.10 Å². The lowest BCUT2D eigenvalue weighted by atomic mass is 9.98. The maximum atomic E-state index is 5.56. The number of hydrogen-bond donors (Lipinski definition) is 1.